The van der Waals surface area contributed by atoms with Crippen molar-refractivity contribution in [1.82, 2.24) is 10.2 Å². The second kappa shape index (κ2) is 9.08. The molecule has 30 heavy (non-hydrogen) atoms. The predicted molar refractivity (Wildman–Crippen MR) is 120 cm³/mol. The van der Waals surface area contributed by atoms with E-state index in [1.165, 1.54) is 0 Å². The minimum absolute atomic E-state index is 0.00871. The Kier molecular flexibility index (Phi) is 6.27. The maximum atomic E-state index is 13.2. The largest absolute Gasteiger partial charge is 0.487 e. The van der Waals surface area contributed by atoms with Gasteiger partial charge in [0, 0.05) is 30.0 Å². The fourth-order valence-electron chi connectivity index (χ4n) is 4.05. The van der Waals surface area contributed by atoms with Crippen molar-refractivity contribution in [3.63, 3.8) is 0 Å². The molecule has 0 bridgehead atoms. The third-order valence-electron chi connectivity index (χ3n) is 5.65. The van der Waals surface area contributed by atoms with Gasteiger partial charge in [0.25, 0.3) is 0 Å². The Morgan fingerprint density at radius 2 is 1.90 bits per heavy atom. The monoisotopic (exact) mass is 471 g/mol. The van der Waals surface area contributed by atoms with E-state index >= 15 is 0 Å². The first-order valence-corrected chi connectivity index (χ1v) is 11.1. The standard InChI is InChI=1S/C23H26BrN3O3/c1-16-15-27(20-7-2-3-8-21(20)30-16)23(29)26-11-9-18(10-12-26)22(28)25-14-17-5-4-6-19(24)13-17/h2-8,13,16,18H,9-12,14-15H2,1H3,(H,25,28). The highest BCUT2D eigenvalue weighted by Gasteiger charge is 2.33. The summed E-state index contributed by atoms with van der Waals surface area (Å²) in [6.45, 7) is 4.18. The summed E-state index contributed by atoms with van der Waals surface area (Å²) in [5.74, 6) is 0.746. The smallest absolute Gasteiger partial charge is 0.324 e. The molecule has 1 atom stereocenters. The van der Waals surface area contributed by atoms with Gasteiger partial charge in [-0.25, -0.2) is 4.79 Å². The molecule has 1 fully saturated rings. The van der Waals surface area contributed by atoms with E-state index in [1.54, 1.807) is 4.90 Å². The van der Waals surface area contributed by atoms with Crippen LogP contribution in [0.5, 0.6) is 5.75 Å². The van der Waals surface area contributed by atoms with Gasteiger partial charge in [0.15, 0.2) is 0 Å². The Morgan fingerprint density at radius 1 is 1.13 bits per heavy atom. The minimum atomic E-state index is -0.0582. The summed E-state index contributed by atoms with van der Waals surface area (Å²) in [6.07, 6.45) is 1.31. The second-order valence-corrected chi connectivity index (χ2v) is 8.81. The van der Waals surface area contributed by atoms with Crippen molar-refractivity contribution in [1.29, 1.82) is 0 Å². The summed E-state index contributed by atoms with van der Waals surface area (Å²) >= 11 is 3.45. The molecular formula is C23H26BrN3O3. The number of amides is 3. The number of carbonyl (C=O) groups is 2. The van der Waals surface area contributed by atoms with E-state index in [4.69, 9.17) is 4.74 Å². The zero-order valence-corrected chi connectivity index (χ0v) is 18.6. The molecule has 4 rings (SSSR count). The van der Waals surface area contributed by atoms with Crippen LogP contribution >= 0.6 is 15.9 Å². The summed E-state index contributed by atoms with van der Waals surface area (Å²) < 4.78 is 6.85. The van der Waals surface area contributed by atoms with Gasteiger partial charge in [-0.15, -0.1) is 0 Å². The van der Waals surface area contributed by atoms with Gasteiger partial charge < -0.3 is 15.0 Å². The van der Waals surface area contributed by atoms with Crippen LogP contribution in [0.25, 0.3) is 0 Å². The van der Waals surface area contributed by atoms with Crippen molar-refractivity contribution in [2.24, 2.45) is 5.92 Å². The van der Waals surface area contributed by atoms with Crippen LogP contribution in [0, 0.1) is 5.92 Å². The topological polar surface area (TPSA) is 61.9 Å². The molecule has 6 nitrogen and oxygen atoms in total. The molecule has 2 aliphatic rings. The van der Waals surface area contributed by atoms with Crippen molar-refractivity contribution >= 4 is 33.6 Å². The first-order chi connectivity index (χ1) is 14.5. The number of hydrogen-bond acceptors (Lipinski definition) is 3. The summed E-state index contributed by atoms with van der Waals surface area (Å²) in [5, 5.41) is 3.03. The third kappa shape index (κ3) is 4.61. The zero-order chi connectivity index (χ0) is 21.1. The van der Waals surface area contributed by atoms with E-state index in [1.807, 2.05) is 60.4 Å². The maximum Gasteiger partial charge on any atom is 0.324 e. The lowest BCUT2D eigenvalue weighted by molar-refractivity contribution is -0.126. The highest BCUT2D eigenvalue weighted by atomic mass is 79.9. The normalized spacial score (nSPS) is 19.1. The van der Waals surface area contributed by atoms with E-state index in [0.717, 1.165) is 21.5 Å². The maximum absolute atomic E-state index is 13.2. The third-order valence-corrected chi connectivity index (χ3v) is 6.14. The number of rotatable bonds is 3. The Morgan fingerprint density at radius 3 is 2.67 bits per heavy atom. The number of ether oxygens (including phenoxy) is 1. The fourth-order valence-corrected chi connectivity index (χ4v) is 4.50. The van der Waals surface area contributed by atoms with Crippen LogP contribution in [-0.4, -0.2) is 42.6 Å². The van der Waals surface area contributed by atoms with E-state index in [2.05, 4.69) is 21.2 Å². The lowest BCUT2D eigenvalue weighted by Gasteiger charge is -2.39. The summed E-state index contributed by atoms with van der Waals surface area (Å²) in [5.41, 5.74) is 1.87. The molecule has 0 aliphatic carbocycles. The molecule has 0 spiro atoms. The molecule has 2 heterocycles. The highest BCUT2D eigenvalue weighted by molar-refractivity contribution is 9.10. The van der Waals surface area contributed by atoms with Gasteiger partial charge in [-0.05, 0) is 49.6 Å². The first-order valence-electron chi connectivity index (χ1n) is 10.4. The molecule has 1 N–H and O–H groups in total. The Labute approximate surface area is 185 Å². The number of piperidine rings is 1. The van der Waals surface area contributed by atoms with Crippen molar-refractivity contribution in [3.8, 4) is 5.75 Å². The highest BCUT2D eigenvalue weighted by Crippen LogP contribution is 2.34. The van der Waals surface area contributed by atoms with Gasteiger partial charge in [-0.2, -0.15) is 0 Å². The molecule has 7 heteroatoms. The average molecular weight is 472 g/mol. The van der Waals surface area contributed by atoms with E-state index in [0.29, 0.717) is 39.0 Å². The number of carbonyl (C=O) groups excluding carboxylic acids is 2. The first kappa shape index (κ1) is 20.7. The van der Waals surface area contributed by atoms with E-state index < -0.39 is 0 Å². The van der Waals surface area contributed by atoms with Crippen molar-refractivity contribution < 1.29 is 14.3 Å². The number of urea groups is 1. The number of halogens is 1. The number of likely N-dealkylation sites (tertiary alicyclic amines) is 1. The van der Waals surface area contributed by atoms with E-state index in [-0.39, 0.29) is 24.0 Å². The number of hydrogen-bond donors (Lipinski definition) is 1. The molecule has 0 aromatic heterocycles. The Bertz CT molecular complexity index is 927. The van der Waals surface area contributed by atoms with Gasteiger partial charge >= 0.3 is 6.03 Å². The summed E-state index contributed by atoms with van der Waals surface area (Å²) in [6, 6.07) is 15.6. The number of fused-ring (bicyclic) bond motifs is 1. The number of anilines is 1. The van der Waals surface area contributed by atoms with Gasteiger partial charge in [-0.1, -0.05) is 40.2 Å². The molecule has 3 amide bonds. The van der Waals surface area contributed by atoms with Crippen LogP contribution < -0.4 is 15.0 Å². The zero-order valence-electron chi connectivity index (χ0n) is 17.0. The SMILES string of the molecule is CC1CN(C(=O)N2CCC(C(=O)NCc3cccc(Br)c3)CC2)c2ccccc2O1. The van der Waals surface area contributed by atoms with Crippen molar-refractivity contribution in [3.05, 3.63) is 58.6 Å². The average Bonchev–Trinajstić information content (AvgIpc) is 2.76. The molecule has 158 valence electrons. The van der Waals surface area contributed by atoms with Crippen LogP contribution in [-0.2, 0) is 11.3 Å². The van der Waals surface area contributed by atoms with Crippen molar-refractivity contribution in [2.75, 3.05) is 24.5 Å². The van der Waals surface area contributed by atoms with Crippen LogP contribution in [0.2, 0.25) is 0 Å². The second-order valence-electron chi connectivity index (χ2n) is 7.90. The molecule has 2 aromatic rings. The van der Waals surface area contributed by atoms with Crippen LogP contribution in [0.15, 0.2) is 53.0 Å². The fraction of sp³-hybridized carbons (Fsp3) is 0.391. The Balaban J connectivity index is 1.32. The molecule has 0 radical (unpaired) electrons. The molecule has 2 aliphatic heterocycles. The number of nitrogens with zero attached hydrogens (tertiary/aromatic N) is 2. The molecular weight excluding hydrogens is 446 g/mol. The van der Waals surface area contributed by atoms with Gasteiger partial charge in [0.1, 0.15) is 11.9 Å². The summed E-state index contributed by atoms with van der Waals surface area (Å²) in [7, 11) is 0. The molecule has 2 aromatic carbocycles. The molecule has 1 saturated heterocycles. The van der Waals surface area contributed by atoms with E-state index in [9.17, 15) is 9.59 Å². The summed E-state index contributed by atoms with van der Waals surface area (Å²) in [4.78, 5) is 29.4. The van der Waals surface area contributed by atoms with Crippen LogP contribution in [0.1, 0.15) is 25.3 Å². The van der Waals surface area contributed by atoms with Gasteiger partial charge in [0.2, 0.25) is 5.91 Å². The number of para-hydroxylation sites is 2. The Hall–Kier alpha value is -2.54. The lowest BCUT2D eigenvalue weighted by atomic mass is 9.96. The lowest BCUT2D eigenvalue weighted by Crippen LogP contribution is -2.52. The van der Waals surface area contributed by atoms with Crippen LogP contribution in [0.4, 0.5) is 10.5 Å². The van der Waals surface area contributed by atoms with Crippen LogP contribution in [0.3, 0.4) is 0 Å². The number of benzene rings is 2. The van der Waals surface area contributed by atoms with Gasteiger partial charge in [-0.3, -0.25) is 9.69 Å². The minimum Gasteiger partial charge on any atom is -0.487 e. The van der Waals surface area contributed by atoms with Gasteiger partial charge in [0.05, 0.1) is 12.2 Å². The molecule has 1 unspecified atom stereocenters. The van der Waals surface area contributed by atoms with Crippen molar-refractivity contribution in [2.45, 2.75) is 32.4 Å². The predicted octanol–water partition coefficient (Wildman–Crippen LogP) is 4.18. The molecule has 0 saturated carbocycles. The number of nitrogens with one attached hydrogen (secondary N) is 1. The quantitative estimate of drug-likeness (QED) is 0.729.